The van der Waals surface area contributed by atoms with Gasteiger partial charge in [0.15, 0.2) is 12.6 Å². The molecule has 0 unspecified atom stereocenters. The van der Waals surface area contributed by atoms with Crippen LogP contribution in [-0.2, 0) is 22.8 Å². The molecule has 0 saturated carbocycles. The van der Waals surface area contributed by atoms with Crippen LogP contribution in [0.25, 0.3) is 11.4 Å². The molecule has 0 atom stereocenters. The minimum absolute atomic E-state index is 0.0352. The summed E-state index contributed by atoms with van der Waals surface area (Å²) in [6.07, 6.45) is -5.61. The summed E-state index contributed by atoms with van der Waals surface area (Å²) in [6, 6.07) is 6.12. The predicted molar refractivity (Wildman–Crippen MR) is 79.4 cm³/mol. The average molecular weight is 364 g/mol. The highest BCUT2D eigenvalue weighted by atomic mass is 35.5. The highest BCUT2D eigenvalue weighted by Gasteiger charge is 2.28. The lowest BCUT2D eigenvalue weighted by molar-refractivity contribution is -0.145. The van der Waals surface area contributed by atoms with Gasteiger partial charge in [-0.2, -0.15) is 17.9 Å². The SMILES string of the molecule is CC(=O)OCn1nc(-c2ccc(Cl)cc2)n(CCC(F)(F)F)c1=O. The highest BCUT2D eigenvalue weighted by Crippen LogP contribution is 2.23. The van der Waals surface area contributed by atoms with Crippen LogP contribution < -0.4 is 5.69 Å². The van der Waals surface area contributed by atoms with Gasteiger partial charge in [0, 0.05) is 24.1 Å². The first kappa shape index (κ1) is 18.1. The quantitative estimate of drug-likeness (QED) is 0.766. The van der Waals surface area contributed by atoms with Crippen LogP contribution in [0.15, 0.2) is 29.1 Å². The van der Waals surface area contributed by atoms with Gasteiger partial charge in [-0.15, -0.1) is 5.10 Å². The van der Waals surface area contributed by atoms with Crippen molar-refractivity contribution in [1.29, 1.82) is 0 Å². The molecule has 130 valence electrons. The molecule has 0 aliphatic rings. The number of alkyl halides is 3. The van der Waals surface area contributed by atoms with E-state index in [2.05, 4.69) is 9.84 Å². The average Bonchev–Trinajstić information content (AvgIpc) is 2.79. The monoisotopic (exact) mass is 363 g/mol. The summed E-state index contributed by atoms with van der Waals surface area (Å²) in [5.74, 6) is -0.604. The minimum Gasteiger partial charge on any atom is -0.442 e. The van der Waals surface area contributed by atoms with Crippen molar-refractivity contribution in [2.75, 3.05) is 0 Å². The van der Waals surface area contributed by atoms with E-state index in [1.54, 1.807) is 0 Å². The summed E-state index contributed by atoms with van der Waals surface area (Å²) in [4.78, 5) is 23.1. The predicted octanol–water partition coefficient (Wildman–Crippen LogP) is 2.84. The van der Waals surface area contributed by atoms with Gasteiger partial charge in [-0.3, -0.25) is 9.36 Å². The lowest BCUT2D eigenvalue weighted by Crippen LogP contribution is -2.28. The van der Waals surface area contributed by atoms with E-state index >= 15 is 0 Å². The Balaban J connectivity index is 2.42. The van der Waals surface area contributed by atoms with Crippen LogP contribution in [-0.4, -0.2) is 26.5 Å². The lowest BCUT2D eigenvalue weighted by Gasteiger charge is -2.08. The number of ether oxygens (including phenoxy) is 1. The number of nitrogens with zero attached hydrogens (tertiary/aromatic N) is 3. The fraction of sp³-hybridized carbons (Fsp3) is 0.357. The van der Waals surface area contributed by atoms with Gasteiger partial charge in [0.05, 0.1) is 6.42 Å². The van der Waals surface area contributed by atoms with Crippen molar-refractivity contribution in [1.82, 2.24) is 14.3 Å². The molecule has 24 heavy (non-hydrogen) atoms. The van der Waals surface area contributed by atoms with Crippen LogP contribution in [0.1, 0.15) is 13.3 Å². The van der Waals surface area contributed by atoms with E-state index < -0.39 is 37.5 Å². The molecule has 0 N–H and O–H groups in total. The highest BCUT2D eigenvalue weighted by molar-refractivity contribution is 6.30. The first-order chi connectivity index (χ1) is 11.2. The Morgan fingerprint density at radius 1 is 1.29 bits per heavy atom. The molecule has 0 spiro atoms. The van der Waals surface area contributed by atoms with Crippen molar-refractivity contribution in [3.63, 3.8) is 0 Å². The molecule has 10 heteroatoms. The zero-order valence-corrected chi connectivity index (χ0v) is 13.3. The molecule has 2 aromatic rings. The Morgan fingerprint density at radius 2 is 1.92 bits per heavy atom. The zero-order chi connectivity index (χ0) is 17.9. The molecule has 0 saturated heterocycles. The molecular formula is C14H13ClF3N3O3. The van der Waals surface area contributed by atoms with Crippen LogP contribution in [0.4, 0.5) is 13.2 Å². The largest absolute Gasteiger partial charge is 0.442 e. The molecule has 0 amide bonds. The summed E-state index contributed by atoms with van der Waals surface area (Å²) in [6.45, 7) is 0.0694. The van der Waals surface area contributed by atoms with E-state index in [1.807, 2.05) is 0 Å². The molecule has 0 aliphatic carbocycles. The van der Waals surface area contributed by atoms with Gasteiger partial charge in [-0.05, 0) is 24.3 Å². The first-order valence-corrected chi connectivity index (χ1v) is 7.19. The molecule has 0 aliphatic heterocycles. The van der Waals surface area contributed by atoms with Gasteiger partial charge < -0.3 is 4.74 Å². The third kappa shape index (κ3) is 4.60. The van der Waals surface area contributed by atoms with Crippen molar-refractivity contribution in [2.45, 2.75) is 32.8 Å². The third-order valence-electron chi connectivity index (χ3n) is 3.03. The van der Waals surface area contributed by atoms with Crippen molar-refractivity contribution >= 4 is 17.6 Å². The van der Waals surface area contributed by atoms with E-state index in [0.29, 0.717) is 10.6 Å². The lowest BCUT2D eigenvalue weighted by atomic mass is 10.2. The number of aromatic nitrogens is 3. The maximum Gasteiger partial charge on any atom is 0.390 e. The number of esters is 1. The zero-order valence-electron chi connectivity index (χ0n) is 12.5. The standard InChI is InChI=1S/C14H13ClF3N3O3/c1-9(22)24-8-21-13(23)20(7-6-14(16,17)18)12(19-21)10-2-4-11(15)5-3-10/h2-5H,6-8H2,1H3. The molecule has 0 fully saturated rings. The summed E-state index contributed by atoms with van der Waals surface area (Å²) < 4.78 is 43.8. The van der Waals surface area contributed by atoms with Crippen LogP contribution in [0.3, 0.4) is 0 Å². The minimum atomic E-state index is -4.42. The third-order valence-corrected chi connectivity index (χ3v) is 3.29. The normalized spacial score (nSPS) is 11.5. The number of hydrogen-bond acceptors (Lipinski definition) is 4. The van der Waals surface area contributed by atoms with E-state index in [9.17, 15) is 22.8 Å². The van der Waals surface area contributed by atoms with Crippen molar-refractivity contribution in [2.24, 2.45) is 0 Å². The maximum absolute atomic E-state index is 12.5. The molecular weight excluding hydrogens is 351 g/mol. The van der Waals surface area contributed by atoms with Gasteiger partial charge in [0.2, 0.25) is 0 Å². The smallest absolute Gasteiger partial charge is 0.390 e. The summed E-state index contributed by atoms with van der Waals surface area (Å²) in [5.41, 5.74) is -0.384. The second-order valence-corrected chi connectivity index (χ2v) is 5.33. The molecule has 0 radical (unpaired) electrons. The first-order valence-electron chi connectivity index (χ1n) is 6.81. The Hall–Kier alpha value is -2.29. The van der Waals surface area contributed by atoms with Crippen LogP contribution in [0, 0.1) is 0 Å². The van der Waals surface area contributed by atoms with Gasteiger partial charge in [-0.25, -0.2) is 4.79 Å². The Morgan fingerprint density at radius 3 is 2.46 bits per heavy atom. The molecule has 1 heterocycles. The number of carbonyl (C=O) groups excluding carboxylic acids is 1. The van der Waals surface area contributed by atoms with Gasteiger partial charge >= 0.3 is 17.8 Å². The fourth-order valence-electron chi connectivity index (χ4n) is 1.93. The number of hydrogen-bond donors (Lipinski definition) is 0. The number of halogens is 4. The summed E-state index contributed by atoms with van der Waals surface area (Å²) in [5, 5.41) is 4.39. The topological polar surface area (TPSA) is 66.1 Å². The molecule has 0 bridgehead atoms. The Labute approximate surface area is 139 Å². The van der Waals surface area contributed by atoms with Gasteiger partial charge in [-0.1, -0.05) is 11.6 Å². The molecule has 2 rings (SSSR count). The van der Waals surface area contributed by atoms with Crippen molar-refractivity contribution in [3.05, 3.63) is 39.8 Å². The molecule has 6 nitrogen and oxygen atoms in total. The van der Waals surface area contributed by atoms with E-state index in [1.165, 1.54) is 24.3 Å². The molecule has 1 aromatic carbocycles. The van der Waals surface area contributed by atoms with E-state index in [0.717, 1.165) is 16.2 Å². The van der Waals surface area contributed by atoms with Crippen molar-refractivity contribution < 1.29 is 22.7 Å². The number of benzene rings is 1. The summed E-state index contributed by atoms with van der Waals surface area (Å²) in [7, 11) is 0. The van der Waals surface area contributed by atoms with E-state index in [4.69, 9.17) is 11.6 Å². The second kappa shape index (κ2) is 7.08. The van der Waals surface area contributed by atoms with Crippen LogP contribution in [0.2, 0.25) is 5.02 Å². The second-order valence-electron chi connectivity index (χ2n) is 4.89. The van der Waals surface area contributed by atoms with Gasteiger partial charge in [0.25, 0.3) is 0 Å². The van der Waals surface area contributed by atoms with E-state index in [-0.39, 0.29) is 5.82 Å². The van der Waals surface area contributed by atoms with Crippen LogP contribution in [0.5, 0.6) is 0 Å². The fourth-order valence-corrected chi connectivity index (χ4v) is 2.06. The summed E-state index contributed by atoms with van der Waals surface area (Å²) >= 11 is 5.78. The Bertz CT molecular complexity index is 781. The number of carbonyl (C=O) groups is 1. The van der Waals surface area contributed by atoms with Crippen molar-refractivity contribution in [3.8, 4) is 11.4 Å². The molecule has 1 aromatic heterocycles. The Kier molecular flexibility index (Phi) is 5.33. The number of rotatable bonds is 5. The van der Waals surface area contributed by atoms with Gasteiger partial charge in [0.1, 0.15) is 0 Å². The van der Waals surface area contributed by atoms with Crippen LogP contribution >= 0.6 is 11.6 Å². The maximum atomic E-state index is 12.5.